The molecule has 0 saturated heterocycles. The Morgan fingerprint density at radius 1 is 1.40 bits per heavy atom. The van der Waals surface area contributed by atoms with Crippen LogP contribution in [0, 0.1) is 28.9 Å². The molecule has 0 aliphatic heterocycles. The monoisotopic (exact) mass is 275 g/mol. The van der Waals surface area contributed by atoms with Crippen LogP contribution in [-0.2, 0) is 11.2 Å². The molecule has 2 unspecified atom stereocenters. The van der Waals surface area contributed by atoms with E-state index in [0.29, 0.717) is 30.1 Å². The molecule has 1 aliphatic carbocycles. The van der Waals surface area contributed by atoms with Crippen molar-refractivity contribution in [3.05, 3.63) is 39.4 Å². The summed E-state index contributed by atoms with van der Waals surface area (Å²) < 4.78 is 0. The minimum atomic E-state index is -0.351. The van der Waals surface area contributed by atoms with Crippen molar-refractivity contribution in [3.63, 3.8) is 0 Å². The Hall–Kier alpha value is -1.71. The van der Waals surface area contributed by atoms with Crippen molar-refractivity contribution in [1.29, 1.82) is 0 Å². The molecule has 2 rings (SSSR count). The van der Waals surface area contributed by atoms with Gasteiger partial charge in [-0.1, -0.05) is 25.5 Å². The Balaban J connectivity index is 2.19. The number of hydrogen-bond acceptors (Lipinski definition) is 3. The smallest absolute Gasteiger partial charge is 0.272 e. The number of carbonyl (C=O) groups is 1. The highest BCUT2D eigenvalue weighted by Gasteiger charge is 2.28. The lowest BCUT2D eigenvalue weighted by Crippen LogP contribution is -2.26. The van der Waals surface area contributed by atoms with Gasteiger partial charge in [0, 0.05) is 24.0 Å². The normalized spacial score (nSPS) is 22.8. The van der Waals surface area contributed by atoms with Crippen LogP contribution in [0.15, 0.2) is 18.2 Å². The third-order valence-corrected chi connectivity index (χ3v) is 4.53. The van der Waals surface area contributed by atoms with Crippen molar-refractivity contribution >= 4 is 11.5 Å². The van der Waals surface area contributed by atoms with Crippen LogP contribution in [0.2, 0.25) is 0 Å². The maximum Gasteiger partial charge on any atom is 0.272 e. The molecule has 0 spiro atoms. The van der Waals surface area contributed by atoms with E-state index < -0.39 is 0 Å². The molecule has 4 nitrogen and oxygen atoms in total. The fourth-order valence-electron chi connectivity index (χ4n) is 3.12. The number of nitro benzene ring substituents is 1. The molecule has 0 radical (unpaired) electrons. The van der Waals surface area contributed by atoms with Crippen molar-refractivity contribution in [1.82, 2.24) is 0 Å². The molecule has 1 aromatic carbocycles. The first kappa shape index (κ1) is 14.7. The maximum absolute atomic E-state index is 12.1. The molecule has 108 valence electrons. The maximum atomic E-state index is 12.1. The Bertz CT molecular complexity index is 524. The van der Waals surface area contributed by atoms with E-state index in [1.165, 1.54) is 6.07 Å². The van der Waals surface area contributed by atoms with Crippen molar-refractivity contribution in [2.45, 2.75) is 46.0 Å². The topological polar surface area (TPSA) is 60.2 Å². The van der Waals surface area contributed by atoms with E-state index >= 15 is 0 Å². The zero-order valence-corrected chi connectivity index (χ0v) is 12.1. The molecule has 0 aromatic heterocycles. The van der Waals surface area contributed by atoms with Gasteiger partial charge in [-0.2, -0.15) is 0 Å². The fourth-order valence-corrected chi connectivity index (χ4v) is 3.12. The SMILES string of the molecule is CCC1CCC(=O)C(Cc2cccc([N+](=O)[O-])c2C)C1. The van der Waals surface area contributed by atoms with Gasteiger partial charge in [0.15, 0.2) is 0 Å². The second-order valence-electron chi connectivity index (χ2n) is 5.73. The highest BCUT2D eigenvalue weighted by Crippen LogP contribution is 2.32. The number of nitro groups is 1. The molecule has 2 atom stereocenters. The lowest BCUT2D eigenvalue weighted by atomic mass is 9.76. The van der Waals surface area contributed by atoms with E-state index in [-0.39, 0.29) is 16.5 Å². The lowest BCUT2D eigenvalue weighted by Gasteiger charge is -2.27. The van der Waals surface area contributed by atoms with Crippen LogP contribution >= 0.6 is 0 Å². The minimum Gasteiger partial charge on any atom is -0.299 e. The first-order valence-electron chi connectivity index (χ1n) is 7.28. The number of ketones is 1. The largest absolute Gasteiger partial charge is 0.299 e. The van der Waals surface area contributed by atoms with Crippen LogP contribution < -0.4 is 0 Å². The van der Waals surface area contributed by atoms with Crippen LogP contribution in [0.25, 0.3) is 0 Å². The highest BCUT2D eigenvalue weighted by atomic mass is 16.6. The third kappa shape index (κ3) is 3.06. The van der Waals surface area contributed by atoms with E-state index in [2.05, 4.69) is 6.92 Å². The summed E-state index contributed by atoms with van der Waals surface area (Å²) in [7, 11) is 0. The summed E-state index contributed by atoms with van der Waals surface area (Å²) in [4.78, 5) is 22.7. The Morgan fingerprint density at radius 2 is 2.15 bits per heavy atom. The minimum absolute atomic E-state index is 0.0365. The van der Waals surface area contributed by atoms with E-state index in [9.17, 15) is 14.9 Å². The molecule has 0 heterocycles. The first-order chi connectivity index (χ1) is 9.52. The van der Waals surface area contributed by atoms with Gasteiger partial charge >= 0.3 is 0 Å². The summed E-state index contributed by atoms with van der Waals surface area (Å²) in [6.07, 6.45) is 4.34. The van der Waals surface area contributed by atoms with E-state index in [0.717, 1.165) is 24.8 Å². The predicted octanol–water partition coefficient (Wildman–Crippen LogP) is 3.84. The van der Waals surface area contributed by atoms with Gasteiger partial charge in [0.25, 0.3) is 5.69 Å². The summed E-state index contributed by atoms with van der Waals surface area (Å²) in [6, 6.07) is 5.15. The van der Waals surface area contributed by atoms with Gasteiger partial charge in [-0.15, -0.1) is 0 Å². The molecular formula is C16H21NO3. The van der Waals surface area contributed by atoms with Gasteiger partial charge in [0.2, 0.25) is 0 Å². The second kappa shape index (κ2) is 6.16. The van der Waals surface area contributed by atoms with Gasteiger partial charge in [-0.25, -0.2) is 0 Å². The van der Waals surface area contributed by atoms with Crippen molar-refractivity contribution in [3.8, 4) is 0 Å². The number of Topliss-reactive ketones (excluding diaryl/α,β-unsaturated/α-hetero) is 1. The molecule has 1 fully saturated rings. The molecule has 1 aliphatic rings. The number of carbonyl (C=O) groups excluding carboxylic acids is 1. The molecule has 20 heavy (non-hydrogen) atoms. The number of hydrogen-bond donors (Lipinski definition) is 0. The Kier molecular flexibility index (Phi) is 4.53. The molecule has 0 N–H and O–H groups in total. The van der Waals surface area contributed by atoms with E-state index in [1.54, 1.807) is 13.0 Å². The molecule has 0 amide bonds. The summed E-state index contributed by atoms with van der Waals surface area (Å²) in [5, 5.41) is 11.0. The molecule has 0 bridgehead atoms. The number of nitrogens with zero attached hydrogens (tertiary/aromatic N) is 1. The Morgan fingerprint density at radius 3 is 2.80 bits per heavy atom. The molecule has 1 aromatic rings. The van der Waals surface area contributed by atoms with Gasteiger partial charge in [0.05, 0.1) is 4.92 Å². The van der Waals surface area contributed by atoms with Gasteiger partial charge in [-0.3, -0.25) is 14.9 Å². The van der Waals surface area contributed by atoms with Gasteiger partial charge < -0.3 is 0 Å². The van der Waals surface area contributed by atoms with E-state index in [1.807, 2.05) is 6.07 Å². The molecule has 4 heteroatoms. The Labute approximate surface area is 119 Å². The van der Waals surface area contributed by atoms with Crippen LogP contribution in [0.1, 0.15) is 43.7 Å². The quantitative estimate of drug-likeness (QED) is 0.619. The first-order valence-corrected chi connectivity index (χ1v) is 7.28. The van der Waals surface area contributed by atoms with E-state index in [4.69, 9.17) is 0 Å². The van der Waals surface area contributed by atoms with Crippen LogP contribution in [0.5, 0.6) is 0 Å². The summed E-state index contributed by atoms with van der Waals surface area (Å²) in [6.45, 7) is 3.94. The fraction of sp³-hybridized carbons (Fsp3) is 0.562. The predicted molar refractivity (Wildman–Crippen MR) is 77.7 cm³/mol. The number of rotatable bonds is 4. The van der Waals surface area contributed by atoms with Gasteiger partial charge in [-0.05, 0) is 37.7 Å². The van der Waals surface area contributed by atoms with Crippen LogP contribution in [0.3, 0.4) is 0 Å². The standard InChI is InChI=1S/C16H21NO3/c1-3-12-7-8-16(18)14(9-12)10-13-5-4-6-15(11(13)2)17(19)20/h4-6,12,14H,3,7-10H2,1-2H3. The molecular weight excluding hydrogens is 254 g/mol. The zero-order chi connectivity index (χ0) is 14.7. The summed E-state index contributed by atoms with van der Waals surface area (Å²) in [5.41, 5.74) is 1.79. The highest BCUT2D eigenvalue weighted by molar-refractivity contribution is 5.82. The lowest BCUT2D eigenvalue weighted by molar-refractivity contribution is -0.385. The van der Waals surface area contributed by atoms with Crippen LogP contribution in [-0.4, -0.2) is 10.7 Å². The van der Waals surface area contributed by atoms with Crippen LogP contribution in [0.4, 0.5) is 5.69 Å². The molecule has 1 saturated carbocycles. The van der Waals surface area contributed by atoms with Crippen molar-refractivity contribution in [2.75, 3.05) is 0 Å². The van der Waals surface area contributed by atoms with Crippen molar-refractivity contribution < 1.29 is 9.72 Å². The second-order valence-corrected chi connectivity index (χ2v) is 5.73. The zero-order valence-electron chi connectivity index (χ0n) is 12.1. The average Bonchev–Trinajstić information content (AvgIpc) is 2.43. The third-order valence-electron chi connectivity index (χ3n) is 4.53. The summed E-state index contributed by atoms with van der Waals surface area (Å²) >= 11 is 0. The average molecular weight is 275 g/mol. The summed E-state index contributed by atoms with van der Waals surface area (Å²) in [5.74, 6) is 0.978. The number of benzene rings is 1. The van der Waals surface area contributed by atoms with Crippen molar-refractivity contribution in [2.24, 2.45) is 11.8 Å². The van der Waals surface area contributed by atoms with Gasteiger partial charge in [0.1, 0.15) is 5.78 Å².